The summed E-state index contributed by atoms with van der Waals surface area (Å²) in [5, 5.41) is 0.904. The van der Waals surface area contributed by atoms with Crippen molar-refractivity contribution in [2.75, 3.05) is 5.32 Å². The van der Waals surface area contributed by atoms with Gasteiger partial charge in [-0.15, -0.1) is 0 Å². The number of aromatic nitrogens is 2. The second kappa shape index (κ2) is 8.51. The maximum atomic E-state index is 14.1. The van der Waals surface area contributed by atoms with Gasteiger partial charge in [-0.05, 0) is 19.1 Å². The van der Waals surface area contributed by atoms with Gasteiger partial charge >= 0.3 is 41.9 Å². The number of nitrogens with one attached hydrogen (secondary N) is 1. The van der Waals surface area contributed by atoms with Crippen LogP contribution in [0.3, 0.4) is 0 Å². The summed E-state index contributed by atoms with van der Waals surface area (Å²) < 4.78 is 161. The van der Waals surface area contributed by atoms with Crippen molar-refractivity contribution in [3.8, 4) is 5.69 Å². The summed E-state index contributed by atoms with van der Waals surface area (Å²) in [6.45, 7) is 0.985. The molecule has 0 radical (unpaired) electrons. The quantitative estimate of drug-likeness (QED) is 0.495. The van der Waals surface area contributed by atoms with Crippen LogP contribution in [0.2, 0.25) is 0 Å². The van der Waals surface area contributed by atoms with Crippen molar-refractivity contribution >= 4 is 11.6 Å². The Balaban J connectivity index is 2.53. The molecule has 0 spiro atoms. The summed E-state index contributed by atoms with van der Waals surface area (Å²) in [5.74, 6) is -40.8. The van der Waals surface area contributed by atoms with E-state index in [2.05, 4.69) is 0 Å². The first-order valence-corrected chi connectivity index (χ1v) is 9.00. The van der Waals surface area contributed by atoms with Gasteiger partial charge in [0.2, 0.25) is 0 Å². The van der Waals surface area contributed by atoms with Crippen LogP contribution in [-0.2, 0) is 11.8 Å². The van der Waals surface area contributed by atoms with Crippen molar-refractivity contribution < 1.29 is 57.5 Å². The van der Waals surface area contributed by atoms with Gasteiger partial charge in [0, 0.05) is 7.05 Å². The van der Waals surface area contributed by atoms with Gasteiger partial charge in [-0.25, -0.2) is 13.5 Å². The molecule has 5 nitrogen and oxygen atoms in total. The van der Waals surface area contributed by atoms with Crippen LogP contribution >= 0.6 is 0 Å². The summed E-state index contributed by atoms with van der Waals surface area (Å²) in [4.78, 5) is 24.3. The summed E-state index contributed by atoms with van der Waals surface area (Å²) in [5.41, 5.74) is -2.89. The van der Waals surface area contributed by atoms with Crippen LogP contribution in [0.5, 0.6) is 0 Å². The van der Waals surface area contributed by atoms with E-state index < -0.39 is 58.9 Å². The van der Waals surface area contributed by atoms with Gasteiger partial charge in [-0.1, -0.05) is 18.2 Å². The molecular formula is C18H13F12N3O2. The molecule has 17 heteroatoms. The van der Waals surface area contributed by atoms with E-state index >= 15 is 0 Å². The second-order valence-corrected chi connectivity index (χ2v) is 7.11. The van der Waals surface area contributed by atoms with Gasteiger partial charge in [-0.2, -0.15) is 43.9 Å². The Kier molecular flexibility index (Phi) is 6.83. The van der Waals surface area contributed by atoms with Gasteiger partial charge in [0.1, 0.15) is 5.69 Å². The zero-order valence-electron chi connectivity index (χ0n) is 17.2. The number of hydrogen-bond donors (Lipinski definition) is 1. The lowest BCUT2D eigenvalue weighted by molar-refractivity contribution is -0.406. The zero-order valence-corrected chi connectivity index (χ0v) is 17.2. The topological polar surface area (TPSA) is 56.0 Å². The Morgan fingerprint density at radius 1 is 0.857 bits per heavy atom. The number of hydrogen-bond acceptors (Lipinski definition) is 2. The van der Waals surface area contributed by atoms with Crippen LogP contribution in [0, 0.1) is 6.92 Å². The van der Waals surface area contributed by atoms with Crippen molar-refractivity contribution in [3.05, 3.63) is 46.4 Å². The lowest BCUT2D eigenvalue weighted by atomic mass is 9.94. The number of nitrogens with zero attached hydrogens (tertiary/aromatic N) is 2. The lowest BCUT2D eigenvalue weighted by Crippen LogP contribution is -2.70. The molecule has 1 aromatic heterocycles. The average Bonchev–Trinajstić information content (AvgIpc) is 2.96. The van der Waals surface area contributed by atoms with E-state index in [-0.39, 0.29) is 5.69 Å². The average molecular weight is 531 g/mol. The molecule has 0 aliphatic carbocycles. The fourth-order valence-corrected chi connectivity index (χ4v) is 2.79. The summed E-state index contributed by atoms with van der Waals surface area (Å²) >= 11 is 0. The van der Waals surface area contributed by atoms with E-state index in [0.717, 1.165) is 24.0 Å². The monoisotopic (exact) mass is 531 g/mol. The first-order valence-electron chi connectivity index (χ1n) is 9.00. The largest absolute Gasteiger partial charge is 0.393 e. The van der Waals surface area contributed by atoms with Crippen molar-refractivity contribution in [1.82, 2.24) is 9.36 Å². The van der Waals surface area contributed by atoms with Crippen molar-refractivity contribution in [2.45, 2.75) is 43.0 Å². The van der Waals surface area contributed by atoms with Crippen molar-refractivity contribution in [1.29, 1.82) is 0 Å². The van der Waals surface area contributed by atoms with Crippen molar-refractivity contribution in [2.24, 2.45) is 7.05 Å². The summed E-state index contributed by atoms with van der Waals surface area (Å²) in [7, 11) is 1.13. The molecule has 0 aliphatic heterocycles. The Hall–Kier alpha value is -3.14. The van der Waals surface area contributed by atoms with Crippen LogP contribution < -0.4 is 10.9 Å². The maximum Gasteiger partial charge on any atom is 0.393 e. The van der Waals surface area contributed by atoms with Gasteiger partial charge < -0.3 is 5.32 Å². The Bertz CT molecular complexity index is 1160. The number of halogens is 12. The molecular weight excluding hydrogens is 518 g/mol. The van der Waals surface area contributed by atoms with Gasteiger partial charge in [0.05, 0.1) is 11.4 Å². The molecule has 1 heterocycles. The molecule has 196 valence electrons. The Labute approximate surface area is 186 Å². The molecule has 0 fully saturated rings. The molecule has 0 saturated carbocycles. The molecule has 0 unspecified atom stereocenters. The highest BCUT2D eigenvalue weighted by molar-refractivity contribution is 5.97. The highest BCUT2D eigenvalue weighted by Gasteiger charge is 2.89. The third kappa shape index (κ3) is 3.93. The predicted molar refractivity (Wildman–Crippen MR) is 95.1 cm³/mol. The number of para-hydroxylation sites is 1. The van der Waals surface area contributed by atoms with Crippen LogP contribution in [0.4, 0.5) is 58.4 Å². The number of anilines is 1. The highest BCUT2D eigenvalue weighted by atomic mass is 19.4. The molecule has 0 aliphatic rings. The second-order valence-electron chi connectivity index (χ2n) is 7.11. The van der Waals surface area contributed by atoms with E-state index in [1.54, 1.807) is 0 Å². The van der Waals surface area contributed by atoms with E-state index in [9.17, 15) is 62.3 Å². The first kappa shape index (κ1) is 28.1. The standard InChI is InChI=1S/C18H13F12N3O2/c1-8-10(11(34)33(32(8)2)9-6-4-3-5-7-9)31-13(35)15(23,24)17(27,28)18(29,30)16(25,26)14(21,22)12(19)20/h3-7,12H,1-2H3,(H,31,35). The van der Waals surface area contributed by atoms with Crippen LogP contribution in [0.1, 0.15) is 5.69 Å². The fourth-order valence-electron chi connectivity index (χ4n) is 2.79. The van der Waals surface area contributed by atoms with Gasteiger partial charge in [0.15, 0.2) is 0 Å². The number of carbonyl (C=O) groups is 1. The SMILES string of the molecule is Cc1c(NC(=O)C(F)(F)C(F)(F)C(F)(F)C(F)(F)C(F)(F)C(F)F)c(=O)n(-c2ccccc2)n1C. The molecule has 2 rings (SSSR count). The van der Waals surface area contributed by atoms with E-state index in [1.807, 2.05) is 0 Å². The third-order valence-electron chi connectivity index (χ3n) is 4.95. The Morgan fingerprint density at radius 2 is 1.34 bits per heavy atom. The number of benzene rings is 1. The van der Waals surface area contributed by atoms with E-state index in [0.29, 0.717) is 4.68 Å². The molecule has 1 aromatic carbocycles. The molecule has 0 atom stereocenters. The van der Waals surface area contributed by atoms with Crippen LogP contribution in [0.25, 0.3) is 5.69 Å². The van der Waals surface area contributed by atoms with Crippen LogP contribution in [0.15, 0.2) is 35.1 Å². The van der Waals surface area contributed by atoms with E-state index in [1.165, 1.54) is 30.3 Å². The highest BCUT2D eigenvalue weighted by Crippen LogP contribution is 2.58. The number of alkyl halides is 12. The minimum atomic E-state index is -7.86. The summed E-state index contributed by atoms with van der Waals surface area (Å²) in [6.07, 6.45) is -5.66. The van der Waals surface area contributed by atoms with E-state index in [4.69, 9.17) is 0 Å². The maximum absolute atomic E-state index is 14.1. The molecule has 1 N–H and O–H groups in total. The minimum absolute atomic E-state index is 0.0566. The minimum Gasteiger partial charge on any atom is -0.314 e. The smallest absolute Gasteiger partial charge is 0.314 e. The molecule has 1 amide bonds. The molecule has 2 aromatic rings. The van der Waals surface area contributed by atoms with Crippen LogP contribution in [-0.4, -0.2) is 51.3 Å². The third-order valence-corrected chi connectivity index (χ3v) is 4.95. The molecule has 0 saturated heterocycles. The normalized spacial score (nSPS) is 13.9. The Morgan fingerprint density at radius 3 is 1.80 bits per heavy atom. The zero-order chi connectivity index (χ0) is 27.4. The predicted octanol–water partition coefficient (Wildman–Crippen LogP) is 4.86. The molecule has 35 heavy (non-hydrogen) atoms. The number of amides is 1. The van der Waals surface area contributed by atoms with Gasteiger partial charge in [-0.3, -0.25) is 14.3 Å². The lowest BCUT2D eigenvalue weighted by Gasteiger charge is -2.38. The van der Waals surface area contributed by atoms with Crippen molar-refractivity contribution in [3.63, 3.8) is 0 Å². The fraction of sp³-hybridized carbons (Fsp3) is 0.444. The summed E-state index contributed by atoms with van der Waals surface area (Å²) in [6, 6.07) is 6.94. The number of carbonyl (C=O) groups excluding carboxylic acids is 1. The van der Waals surface area contributed by atoms with Gasteiger partial charge in [0.25, 0.3) is 5.56 Å². The first-order chi connectivity index (χ1) is 15.7. The number of rotatable bonds is 8. The molecule has 0 bridgehead atoms.